The summed E-state index contributed by atoms with van der Waals surface area (Å²) < 4.78 is 19.4. The zero-order valence-corrected chi connectivity index (χ0v) is 11.6. The molecule has 0 aliphatic carbocycles. The topological polar surface area (TPSA) is 29.5 Å². The molecule has 1 aromatic carbocycles. The van der Waals surface area contributed by atoms with Crippen LogP contribution in [0.15, 0.2) is 24.3 Å². The van der Waals surface area contributed by atoms with Crippen molar-refractivity contribution in [2.75, 3.05) is 13.1 Å². The fourth-order valence-corrected chi connectivity index (χ4v) is 2.34. The van der Waals surface area contributed by atoms with Gasteiger partial charge in [0, 0.05) is 38.4 Å². The first-order valence-electron chi connectivity index (χ1n) is 6.67. The lowest BCUT2D eigenvalue weighted by Gasteiger charge is -2.38. The van der Waals surface area contributed by atoms with Crippen LogP contribution in [-0.4, -0.2) is 29.5 Å². The van der Waals surface area contributed by atoms with Crippen LogP contribution in [0.5, 0.6) is 0 Å². The summed E-state index contributed by atoms with van der Waals surface area (Å²) in [6.45, 7) is 2.85. The summed E-state index contributed by atoms with van der Waals surface area (Å²) in [5.74, 6) is 2.44. The van der Waals surface area contributed by atoms with Gasteiger partial charge in [0.2, 0.25) is 5.91 Å². The van der Waals surface area contributed by atoms with Gasteiger partial charge in [-0.15, -0.1) is 6.42 Å². The number of hydrogen-bond donors (Lipinski definition) is 0. The Morgan fingerprint density at radius 2 is 2.10 bits per heavy atom. The van der Waals surface area contributed by atoms with Gasteiger partial charge in [-0.25, -0.2) is 4.39 Å². The van der Waals surface area contributed by atoms with E-state index in [4.69, 9.17) is 11.2 Å². The van der Waals surface area contributed by atoms with Crippen LogP contribution in [0.2, 0.25) is 0 Å². The normalized spacial score (nSPS) is 17.6. The van der Waals surface area contributed by atoms with Crippen molar-refractivity contribution in [3.05, 3.63) is 35.6 Å². The van der Waals surface area contributed by atoms with Crippen LogP contribution in [0.4, 0.5) is 4.39 Å². The molecule has 0 aromatic heterocycles. The fourth-order valence-electron chi connectivity index (χ4n) is 2.34. The Labute approximate surface area is 118 Å². The van der Waals surface area contributed by atoms with Gasteiger partial charge in [0.15, 0.2) is 0 Å². The Kier molecular flexibility index (Phi) is 4.41. The van der Waals surface area contributed by atoms with E-state index in [1.54, 1.807) is 30.0 Å². The van der Waals surface area contributed by atoms with Crippen LogP contribution in [0.1, 0.15) is 25.3 Å². The Bertz CT molecular complexity index is 528. The van der Waals surface area contributed by atoms with Gasteiger partial charge in [-0.1, -0.05) is 24.1 Å². The highest BCUT2D eigenvalue weighted by Crippen LogP contribution is 2.27. The first-order valence-corrected chi connectivity index (χ1v) is 6.67. The maximum absolute atomic E-state index is 13.6. The van der Waals surface area contributed by atoms with Gasteiger partial charge in [0.05, 0.1) is 6.61 Å². The predicted octanol–water partition coefficient (Wildman–Crippen LogP) is 2.36. The van der Waals surface area contributed by atoms with E-state index >= 15 is 0 Å². The van der Waals surface area contributed by atoms with Crippen molar-refractivity contribution in [2.45, 2.75) is 32.0 Å². The van der Waals surface area contributed by atoms with E-state index in [-0.39, 0.29) is 18.3 Å². The minimum absolute atomic E-state index is 0.0460. The summed E-state index contributed by atoms with van der Waals surface area (Å²) >= 11 is 0. The van der Waals surface area contributed by atoms with Crippen molar-refractivity contribution in [2.24, 2.45) is 0 Å². The average molecular weight is 275 g/mol. The summed E-state index contributed by atoms with van der Waals surface area (Å²) in [7, 11) is 0. The molecule has 1 fully saturated rings. The standard InChI is InChI=1S/C16H18FNO2/c1-3-16(8-10-18(11-9-16)13(2)19)20-12-14-6-4-5-7-15(14)17/h1,4-7H,8-12H2,2H3. The highest BCUT2D eigenvalue weighted by atomic mass is 19.1. The third-order valence-corrected chi connectivity index (χ3v) is 3.74. The van der Waals surface area contributed by atoms with E-state index in [0.29, 0.717) is 31.5 Å². The zero-order chi connectivity index (χ0) is 14.6. The molecule has 0 saturated carbocycles. The van der Waals surface area contributed by atoms with E-state index in [1.807, 2.05) is 0 Å². The molecule has 0 radical (unpaired) electrons. The lowest BCUT2D eigenvalue weighted by Crippen LogP contribution is -2.46. The molecule has 1 saturated heterocycles. The maximum atomic E-state index is 13.6. The second-order valence-electron chi connectivity index (χ2n) is 5.02. The minimum atomic E-state index is -0.700. The van der Waals surface area contributed by atoms with E-state index in [9.17, 15) is 9.18 Å². The second-order valence-corrected chi connectivity index (χ2v) is 5.02. The largest absolute Gasteiger partial charge is 0.357 e. The Balaban J connectivity index is 1.99. The van der Waals surface area contributed by atoms with Gasteiger partial charge in [-0.05, 0) is 6.07 Å². The number of benzene rings is 1. The third kappa shape index (κ3) is 3.17. The predicted molar refractivity (Wildman–Crippen MR) is 74.2 cm³/mol. The van der Waals surface area contributed by atoms with Crippen LogP contribution in [0.3, 0.4) is 0 Å². The molecular weight excluding hydrogens is 257 g/mol. The molecule has 3 nitrogen and oxygen atoms in total. The van der Waals surface area contributed by atoms with Crippen molar-refractivity contribution in [3.63, 3.8) is 0 Å². The lowest BCUT2D eigenvalue weighted by molar-refractivity contribution is -0.133. The van der Waals surface area contributed by atoms with E-state index in [1.165, 1.54) is 6.07 Å². The number of carbonyl (C=O) groups is 1. The summed E-state index contributed by atoms with van der Waals surface area (Å²) in [6.07, 6.45) is 6.75. The molecule has 106 valence electrons. The Morgan fingerprint density at radius 1 is 1.45 bits per heavy atom. The average Bonchev–Trinajstić information content (AvgIpc) is 2.47. The van der Waals surface area contributed by atoms with E-state index in [0.717, 1.165) is 0 Å². The molecule has 1 amide bonds. The molecule has 1 aromatic rings. The number of rotatable bonds is 3. The molecule has 1 aliphatic rings. The quantitative estimate of drug-likeness (QED) is 0.793. The minimum Gasteiger partial charge on any atom is -0.357 e. The van der Waals surface area contributed by atoms with Crippen LogP contribution in [0.25, 0.3) is 0 Å². The second kappa shape index (κ2) is 6.06. The number of terminal acetylenes is 1. The summed E-state index contributed by atoms with van der Waals surface area (Å²) in [4.78, 5) is 13.1. The molecule has 0 spiro atoms. The molecule has 1 aliphatic heterocycles. The van der Waals surface area contributed by atoms with Crippen molar-refractivity contribution in [1.29, 1.82) is 0 Å². The monoisotopic (exact) mass is 275 g/mol. The number of nitrogens with zero attached hydrogens (tertiary/aromatic N) is 1. The third-order valence-electron chi connectivity index (χ3n) is 3.74. The van der Waals surface area contributed by atoms with E-state index in [2.05, 4.69) is 5.92 Å². The van der Waals surface area contributed by atoms with Crippen LogP contribution in [0, 0.1) is 18.2 Å². The Morgan fingerprint density at radius 3 is 2.65 bits per heavy atom. The zero-order valence-electron chi connectivity index (χ0n) is 11.6. The molecular formula is C16H18FNO2. The lowest BCUT2D eigenvalue weighted by atomic mass is 9.92. The van der Waals surface area contributed by atoms with Crippen LogP contribution in [-0.2, 0) is 16.1 Å². The summed E-state index contributed by atoms with van der Waals surface area (Å²) in [5, 5.41) is 0. The highest BCUT2D eigenvalue weighted by Gasteiger charge is 2.34. The van der Waals surface area contributed by atoms with Crippen molar-refractivity contribution in [3.8, 4) is 12.3 Å². The van der Waals surface area contributed by atoms with Gasteiger partial charge >= 0.3 is 0 Å². The van der Waals surface area contributed by atoms with Crippen molar-refractivity contribution >= 4 is 5.91 Å². The van der Waals surface area contributed by atoms with Crippen molar-refractivity contribution in [1.82, 2.24) is 4.90 Å². The SMILES string of the molecule is C#CC1(OCc2ccccc2F)CCN(C(C)=O)CC1. The smallest absolute Gasteiger partial charge is 0.219 e. The number of likely N-dealkylation sites (tertiary alicyclic amines) is 1. The Hall–Kier alpha value is -1.86. The van der Waals surface area contributed by atoms with Gasteiger partial charge in [-0.3, -0.25) is 4.79 Å². The number of piperidine rings is 1. The van der Waals surface area contributed by atoms with Crippen molar-refractivity contribution < 1.29 is 13.9 Å². The molecule has 4 heteroatoms. The number of halogens is 1. The first kappa shape index (κ1) is 14.5. The molecule has 1 heterocycles. The molecule has 0 unspecified atom stereocenters. The van der Waals surface area contributed by atoms with Gasteiger partial charge in [0.25, 0.3) is 0 Å². The van der Waals surface area contributed by atoms with E-state index < -0.39 is 5.60 Å². The molecule has 0 N–H and O–H groups in total. The number of ether oxygens (including phenoxy) is 1. The first-order chi connectivity index (χ1) is 9.56. The summed E-state index contributed by atoms with van der Waals surface area (Å²) in [6, 6.07) is 6.49. The molecule has 0 atom stereocenters. The molecule has 20 heavy (non-hydrogen) atoms. The number of hydrogen-bond acceptors (Lipinski definition) is 2. The summed E-state index contributed by atoms with van der Waals surface area (Å²) in [5.41, 5.74) is -0.204. The van der Waals surface area contributed by atoms with Crippen LogP contribution >= 0.6 is 0 Å². The van der Waals surface area contributed by atoms with Gasteiger partial charge in [0.1, 0.15) is 11.4 Å². The number of amides is 1. The number of carbonyl (C=O) groups excluding carboxylic acids is 1. The van der Waals surface area contributed by atoms with Gasteiger partial charge < -0.3 is 9.64 Å². The maximum Gasteiger partial charge on any atom is 0.219 e. The molecule has 0 bridgehead atoms. The fraction of sp³-hybridized carbons (Fsp3) is 0.438. The highest BCUT2D eigenvalue weighted by molar-refractivity contribution is 5.73. The molecule has 2 rings (SSSR count). The van der Waals surface area contributed by atoms with Gasteiger partial charge in [-0.2, -0.15) is 0 Å². The van der Waals surface area contributed by atoms with Crippen LogP contribution < -0.4 is 0 Å².